The van der Waals surface area contributed by atoms with E-state index in [1.165, 1.54) is 0 Å². The van der Waals surface area contributed by atoms with Gasteiger partial charge in [0.1, 0.15) is 0 Å². The van der Waals surface area contributed by atoms with Crippen LogP contribution in [0.4, 0.5) is 0 Å². The minimum atomic E-state index is 0.252. The molecule has 16 heavy (non-hydrogen) atoms. The lowest BCUT2D eigenvalue weighted by Gasteiger charge is -2.29. The fourth-order valence-electron chi connectivity index (χ4n) is 1.59. The van der Waals surface area contributed by atoms with Gasteiger partial charge < -0.3 is 15.4 Å². The number of rotatable bonds is 9. The lowest BCUT2D eigenvalue weighted by atomic mass is 9.89. The topological polar surface area (TPSA) is 38.5 Å². The van der Waals surface area contributed by atoms with Gasteiger partial charge in [-0.15, -0.1) is 0 Å². The zero-order valence-electron chi connectivity index (χ0n) is 11.8. The average Bonchev–Trinajstić information content (AvgIpc) is 2.21. The maximum atomic E-state index is 5.75. The summed E-state index contributed by atoms with van der Waals surface area (Å²) < 4.78 is 5.15. The Bertz CT molecular complexity index is 169. The van der Waals surface area contributed by atoms with Crippen molar-refractivity contribution in [3.8, 4) is 0 Å². The Labute approximate surface area is 101 Å². The Morgan fingerprint density at radius 2 is 1.88 bits per heavy atom. The summed E-state index contributed by atoms with van der Waals surface area (Å²) in [5.74, 6) is 0.706. The van der Waals surface area contributed by atoms with Crippen LogP contribution >= 0.6 is 0 Å². The first-order valence-corrected chi connectivity index (χ1v) is 6.32. The monoisotopic (exact) mass is 230 g/mol. The molecule has 0 atom stereocenters. The molecule has 98 valence electrons. The smallest absolute Gasteiger partial charge is 0.0589 e. The molecule has 0 fully saturated rings. The third-order valence-electron chi connectivity index (χ3n) is 2.89. The predicted molar refractivity (Wildman–Crippen MR) is 70.6 cm³/mol. The van der Waals surface area contributed by atoms with Crippen LogP contribution in [0.25, 0.3) is 0 Å². The summed E-state index contributed by atoms with van der Waals surface area (Å²) in [6, 6.07) is 0. The van der Waals surface area contributed by atoms with Gasteiger partial charge in [-0.05, 0) is 30.8 Å². The minimum Gasteiger partial charge on any atom is -0.383 e. The van der Waals surface area contributed by atoms with Gasteiger partial charge in [-0.3, -0.25) is 0 Å². The summed E-state index contributed by atoms with van der Waals surface area (Å²) in [5, 5.41) is 0. The summed E-state index contributed by atoms with van der Waals surface area (Å²) in [4.78, 5) is 2.48. The van der Waals surface area contributed by atoms with E-state index in [0.717, 1.165) is 39.2 Å². The fourth-order valence-corrected chi connectivity index (χ4v) is 1.59. The molecule has 0 saturated heterocycles. The van der Waals surface area contributed by atoms with Gasteiger partial charge in [0.15, 0.2) is 0 Å². The molecule has 0 radical (unpaired) electrons. The Balaban J connectivity index is 3.99. The average molecular weight is 230 g/mol. The molecular formula is C13H30N2O. The third-order valence-corrected chi connectivity index (χ3v) is 2.89. The first-order valence-electron chi connectivity index (χ1n) is 6.32. The first-order chi connectivity index (χ1) is 7.41. The van der Waals surface area contributed by atoms with Gasteiger partial charge in [0.2, 0.25) is 0 Å². The van der Waals surface area contributed by atoms with Gasteiger partial charge in [0.25, 0.3) is 0 Å². The highest BCUT2D eigenvalue weighted by Crippen LogP contribution is 2.18. The molecule has 2 N–H and O–H groups in total. The molecule has 0 saturated carbocycles. The van der Waals surface area contributed by atoms with Gasteiger partial charge in [0.05, 0.1) is 6.61 Å². The van der Waals surface area contributed by atoms with Crippen molar-refractivity contribution in [3.05, 3.63) is 0 Å². The molecule has 3 nitrogen and oxygen atoms in total. The molecule has 0 aromatic rings. The second-order valence-electron chi connectivity index (χ2n) is 5.81. The summed E-state index contributed by atoms with van der Waals surface area (Å²) in [6.45, 7) is 13.8. The van der Waals surface area contributed by atoms with Crippen LogP contribution in [0.3, 0.4) is 0 Å². The van der Waals surface area contributed by atoms with E-state index >= 15 is 0 Å². The molecule has 0 bridgehead atoms. The van der Waals surface area contributed by atoms with E-state index in [1.807, 2.05) is 0 Å². The van der Waals surface area contributed by atoms with Gasteiger partial charge in [-0.1, -0.05) is 27.7 Å². The molecule has 0 heterocycles. The van der Waals surface area contributed by atoms with E-state index < -0.39 is 0 Å². The molecule has 0 rings (SSSR count). The Morgan fingerprint density at radius 3 is 2.31 bits per heavy atom. The maximum absolute atomic E-state index is 5.75. The summed E-state index contributed by atoms with van der Waals surface area (Å²) in [5.41, 5.74) is 6.00. The summed E-state index contributed by atoms with van der Waals surface area (Å²) in [7, 11) is 1.76. The molecule has 0 aliphatic rings. The van der Waals surface area contributed by atoms with Crippen molar-refractivity contribution < 1.29 is 4.74 Å². The van der Waals surface area contributed by atoms with Crippen LogP contribution in [0, 0.1) is 11.3 Å². The second kappa shape index (κ2) is 8.04. The summed E-state index contributed by atoms with van der Waals surface area (Å²) in [6.07, 6.45) is 1.15. The Hall–Kier alpha value is -0.120. The Kier molecular flexibility index (Phi) is 7.98. The van der Waals surface area contributed by atoms with E-state index in [4.69, 9.17) is 10.5 Å². The van der Waals surface area contributed by atoms with Gasteiger partial charge in [-0.2, -0.15) is 0 Å². The van der Waals surface area contributed by atoms with E-state index in [9.17, 15) is 0 Å². The first kappa shape index (κ1) is 15.9. The molecule has 0 amide bonds. The van der Waals surface area contributed by atoms with Crippen molar-refractivity contribution in [2.45, 2.75) is 34.1 Å². The number of hydrogen-bond acceptors (Lipinski definition) is 3. The van der Waals surface area contributed by atoms with E-state index in [1.54, 1.807) is 7.11 Å². The predicted octanol–water partition coefficient (Wildman–Crippen LogP) is 1.97. The van der Waals surface area contributed by atoms with E-state index in [-0.39, 0.29) is 5.41 Å². The highest BCUT2D eigenvalue weighted by atomic mass is 16.5. The lowest BCUT2D eigenvalue weighted by Crippen LogP contribution is -2.35. The zero-order chi connectivity index (χ0) is 12.6. The van der Waals surface area contributed by atoms with Crippen LogP contribution in [0.1, 0.15) is 34.1 Å². The van der Waals surface area contributed by atoms with E-state index in [0.29, 0.717) is 5.92 Å². The Morgan fingerprint density at radius 1 is 1.25 bits per heavy atom. The quantitative estimate of drug-likeness (QED) is 0.658. The molecule has 0 aromatic heterocycles. The van der Waals surface area contributed by atoms with Crippen LogP contribution < -0.4 is 5.73 Å². The number of nitrogens with zero attached hydrogens (tertiary/aromatic N) is 1. The van der Waals surface area contributed by atoms with E-state index in [2.05, 4.69) is 32.6 Å². The summed E-state index contributed by atoms with van der Waals surface area (Å²) >= 11 is 0. The van der Waals surface area contributed by atoms with Crippen LogP contribution in [0.15, 0.2) is 0 Å². The highest BCUT2D eigenvalue weighted by molar-refractivity contribution is 4.72. The van der Waals surface area contributed by atoms with Crippen molar-refractivity contribution in [3.63, 3.8) is 0 Å². The molecule has 0 aliphatic carbocycles. The van der Waals surface area contributed by atoms with Crippen molar-refractivity contribution in [2.24, 2.45) is 17.1 Å². The molecule has 3 heteroatoms. The van der Waals surface area contributed by atoms with Crippen LogP contribution in [0.2, 0.25) is 0 Å². The lowest BCUT2D eigenvalue weighted by molar-refractivity contribution is 0.129. The van der Waals surface area contributed by atoms with Gasteiger partial charge in [-0.25, -0.2) is 0 Å². The molecule has 0 unspecified atom stereocenters. The second-order valence-corrected chi connectivity index (χ2v) is 5.81. The van der Waals surface area contributed by atoms with Crippen LogP contribution in [-0.4, -0.2) is 44.8 Å². The largest absolute Gasteiger partial charge is 0.383 e. The number of hydrogen-bond donors (Lipinski definition) is 1. The van der Waals surface area contributed by atoms with Crippen LogP contribution in [0.5, 0.6) is 0 Å². The van der Waals surface area contributed by atoms with Crippen LogP contribution in [-0.2, 0) is 4.74 Å². The normalized spacial score (nSPS) is 12.8. The molecule has 0 aromatic carbocycles. The molecule has 0 spiro atoms. The van der Waals surface area contributed by atoms with Crippen molar-refractivity contribution >= 4 is 0 Å². The standard InChI is InChI=1S/C13H30N2O/c1-12(2)10-15(8-9-16-5)7-6-13(3,4)11-14/h12H,6-11,14H2,1-5H3. The number of ether oxygens (including phenoxy) is 1. The van der Waals surface area contributed by atoms with Crippen molar-refractivity contribution in [1.29, 1.82) is 0 Å². The van der Waals surface area contributed by atoms with Gasteiger partial charge >= 0.3 is 0 Å². The van der Waals surface area contributed by atoms with Crippen molar-refractivity contribution in [1.82, 2.24) is 4.90 Å². The number of nitrogens with two attached hydrogens (primary N) is 1. The third kappa shape index (κ3) is 8.08. The SMILES string of the molecule is COCCN(CCC(C)(C)CN)CC(C)C. The number of methoxy groups -OCH3 is 1. The maximum Gasteiger partial charge on any atom is 0.0589 e. The molecule has 0 aliphatic heterocycles. The fraction of sp³-hybridized carbons (Fsp3) is 1.00. The minimum absolute atomic E-state index is 0.252. The van der Waals surface area contributed by atoms with Crippen molar-refractivity contribution in [2.75, 3.05) is 39.9 Å². The highest BCUT2D eigenvalue weighted by Gasteiger charge is 2.17. The van der Waals surface area contributed by atoms with Gasteiger partial charge in [0, 0.05) is 20.2 Å². The zero-order valence-corrected chi connectivity index (χ0v) is 11.8. The molecular weight excluding hydrogens is 200 g/mol.